The molecule has 0 aliphatic heterocycles. The van der Waals surface area contributed by atoms with Crippen LogP contribution in [0.1, 0.15) is 32.8 Å². The molecule has 104 valence electrons. The molecule has 0 aromatic heterocycles. The number of nitrogens with two attached hydrogens (primary N) is 1. The summed E-state index contributed by atoms with van der Waals surface area (Å²) in [6.07, 6.45) is 0.372. The topological polar surface area (TPSA) is 87.7 Å². The molecule has 0 radical (unpaired) electrons. The second-order valence-corrected chi connectivity index (χ2v) is 5.87. The molecule has 0 saturated carbocycles. The average Bonchev–Trinajstić information content (AvgIpc) is 2.28. The first-order chi connectivity index (χ1) is 8.73. The SMILES string of the molecule is CC(C)(C)CC(=O)Nc1cc(C(N)=NO)ccc1Cl. The van der Waals surface area contributed by atoms with Crippen LogP contribution < -0.4 is 11.1 Å². The van der Waals surface area contributed by atoms with Gasteiger partial charge in [0.2, 0.25) is 5.91 Å². The minimum atomic E-state index is -0.133. The fourth-order valence-corrected chi connectivity index (χ4v) is 1.68. The fraction of sp³-hybridized carbons (Fsp3) is 0.385. The number of carbonyl (C=O) groups excluding carboxylic acids is 1. The van der Waals surface area contributed by atoms with Gasteiger partial charge in [0.15, 0.2) is 5.84 Å². The number of oxime groups is 1. The monoisotopic (exact) mass is 283 g/mol. The molecule has 4 N–H and O–H groups in total. The lowest BCUT2D eigenvalue weighted by molar-refractivity contribution is -0.117. The zero-order valence-electron chi connectivity index (χ0n) is 11.2. The molecule has 6 heteroatoms. The van der Waals surface area contributed by atoms with Crippen molar-refractivity contribution in [2.45, 2.75) is 27.2 Å². The maximum absolute atomic E-state index is 11.9. The minimum absolute atomic E-state index is 0.0389. The fourth-order valence-electron chi connectivity index (χ4n) is 1.51. The van der Waals surface area contributed by atoms with E-state index in [2.05, 4.69) is 10.5 Å². The highest BCUT2D eigenvalue weighted by atomic mass is 35.5. The van der Waals surface area contributed by atoms with Gasteiger partial charge in [-0.1, -0.05) is 37.5 Å². The third-order valence-electron chi connectivity index (χ3n) is 2.33. The number of nitrogens with zero attached hydrogens (tertiary/aromatic N) is 1. The van der Waals surface area contributed by atoms with Gasteiger partial charge in [0.25, 0.3) is 0 Å². The highest BCUT2D eigenvalue weighted by Gasteiger charge is 2.17. The number of hydrogen-bond acceptors (Lipinski definition) is 3. The van der Waals surface area contributed by atoms with E-state index in [9.17, 15) is 4.79 Å². The molecule has 0 fully saturated rings. The molecule has 1 aromatic rings. The Labute approximate surface area is 117 Å². The van der Waals surface area contributed by atoms with Crippen molar-refractivity contribution in [1.29, 1.82) is 0 Å². The summed E-state index contributed by atoms with van der Waals surface area (Å²) in [5, 5.41) is 14.7. The molecule has 1 rings (SSSR count). The predicted molar refractivity (Wildman–Crippen MR) is 76.7 cm³/mol. The van der Waals surface area contributed by atoms with Gasteiger partial charge in [0.1, 0.15) is 0 Å². The zero-order valence-corrected chi connectivity index (χ0v) is 12.0. The Morgan fingerprint density at radius 3 is 2.63 bits per heavy atom. The first-order valence-corrected chi connectivity index (χ1v) is 6.18. The smallest absolute Gasteiger partial charge is 0.224 e. The largest absolute Gasteiger partial charge is 0.409 e. The molecule has 19 heavy (non-hydrogen) atoms. The lowest BCUT2D eigenvalue weighted by Crippen LogP contribution is -2.20. The van der Waals surface area contributed by atoms with E-state index < -0.39 is 0 Å². The highest BCUT2D eigenvalue weighted by molar-refractivity contribution is 6.33. The maximum Gasteiger partial charge on any atom is 0.224 e. The lowest BCUT2D eigenvalue weighted by Gasteiger charge is -2.17. The van der Waals surface area contributed by atoms with Crippen LogP contribution in [0.15, 0.2) is 23.4 Å². The number of halogens is 1. The van der Waals surface area contributed by atoms with Crippen LogP contribution in [0.2, 0.25) is 5.02 Å². The van der Waals surface area contributed by atoms with Gasteiger partial charge < -0.3 is 16.3 Å². The van der Waals surface area contributed by atoms with E-state index in [0.29, 0.717) is 22.7 Å². The first kappa shape index (κ1) is 15.3. The second-order valence-electron chi connectivity index (χ2n) is 5.47. The summed E-state index contributed by atoms with van der Waals surface area (Å²) in [4.78, 5) is 11.9. The van der Waals surface area contributed by atoms with Gasteiger partial charge in [-0.05, 0) is 23.6 Å². The molecule has 0 unspecified atom stereocenters. The van der Waals surface area contributed by atoms with Crippen molar-refractivity contribution in [2.24, 2.45) is 16.3 Å². The minimum Gasteiger partial charge on any atom is -0.409 e. The summed E-state index contributed by atoms with van der Waals surface area (Å²) in [6.45, 7) is 5.92. The summed E-state index contributed by atoms with van der Waals surface area (Å²) in [5.41, 5.74) is 6.31. The van der Waals surface area contributed by atoms with E-state index in [1.807, 2.05) is 20.8 Å². The Balaban J connectivity index is 2.92. The molecule has 0 bridgehead atoms. The molecule has 0 heterocycles. The van der Waals surface area contributed by atoms with E-state index in [1.54, 1.807) is 18.2 Å². The molecule has 1 aromatic carbocycles. The van der Waals surface area contributed by atoms with Crippen LogP contribution in [0.25, 0.3) is 0 Å². The quantitative estimate of drug-likeness (QED) is 0.345. The van der Waals surface area contributed by atoms with E-state index in [4.69, 9.17) is 22.5 Å². The molecule has 0 aliphatic carbocycles. The van der Waals surface area contributed by atoms with Crippen LogP contribution in [0, 0.1) is 5.41 Å². The molecule has 1 amide bonds. The number of benzene rings is 1. The van der Waals surface area contributed by atoms with Gasteiger partial charge >= 0.3 is 0 Å². The summed E-state index contributed by atoms with van der Waals surface area (Å²) >= 11 is 6.00. The molecule has 0 atom stereocenters. The summed E-state index contributed by atoms with van der Waals surface area (Å²) in [6, 6.07) is 4.76. The van der Waals surface area contributed by atoms with E-state index >= 15 is 0 Å². The van der Waals surface area contributed by atoms with Crippen molar-refractivity contribution in [3.63, 3.8) is 0 Å². The average molecular weight is 284 g/mol. The maximum atomic E-state index is 11.9. The number of nitrogens with one attached hydrogen (secondary N) is 1. The number of hydrogen-bond donors (Lipinski definition) is 3. The Morgan fingerprint density at radius 2 is 2.11 bits per heavy atom. The normalized spacial score (nSPS) is 12.3. The Bertz CT molecular complexity index is 507. The second kappa shape index (κ2) is 5.93. The van der Waals surface area contributed by atoms with Crippen LogP contribution in [0.4, 0.5) is 5.69 Å². The standard InChI is InChI=1S/C13H18ClN3O2/c1-13(2,3)7-11(18)16-10-6-8(12(15)17-19)4-5-9(10)14/h4-6,19H,7H2,1-3H3,(H2,15,17)(H,16,18). The van der Waals surface area contributed by atoms with Crippen LogP contribution in [0.5, 0.6) is 0 Å². The molecular formula is C13H18ClN3O2. The van der Waals surface area contributed by atoms with Crippen LogP contribution in [-0.4, -0.2) is 17.0 Å². The Hall–Kier alpha value is -1.75. The van der Waals surface area contributed by atoms with Gasteiger partial charge in [0, 0.05) is 12.0 Å². The van der Waals surface area contributed by atoms with Crippen molar-refractivity contribution >= 4 is 29.0 Å². The third-order valence-corrected chi connectivity index (χ3v) is 2.66. The number of carbonyl (C=O) groups is 1. The van der Waals surface area contributed by atoms with Crippen molar-refractivity contribution in [3.8, 4) is 0 Å². The third kappa shape index (κ3) is 4.79. The van der Waals surface area contributed by atoms with Gasteiger partial charge in [-0.15, -0.1) is 0 Å². The molecule has 5 nitrogen and oxygen atoms in total. The van der Waals surface area contributed by atoms with Crippen molar-refractivity contribution < 1.29 is 10.0 Å². The molecule has 0 saturated heterocycles. The summed E-state index contributed by atoms with van der Waals surface area (Å²) in [7, 11) is 0. The zero-order chi connectivity index (χ0) is 14.6. The van der Waals surface area contributed by atoms with Crippen LogP contribution >= 0.6 is 11.6 Å². The number of anilines is 1. The van der Waals surface area contributed by atoms with Crippen molar-refractivity contribution in [1.82, 2.24) is 0 Å². The summed E-state index contributed by atoms with van der Waals surface area (Å²) < 4.78 is 0. The van der Waals surface area contributed by atoms with Crippen LogP contribution in [-0.2, 0) is 4.79 Å². The molecule has 0 aliphatic rings. The van der Waals surface area contributed by atoms with E-state index in [-0.39, 0.29) is 17.2 Å². The van der Waals surface area contributed by atoms with Gasteiger partial charge in [-0.25, -0.2) is 0 Å². The Morgan fingerprint density at radius 1 is 1.47 bits per heavy atom. The van der Waals surface area contributed by atoms with Gasteiger partial charge in [-0.3, -0.25) is 4.79 Å². The Kier molecular flexibility index (Phi) is 4.78. The number of amides is 1. The highest BCUT2D eigenvalue weighted by Crippen LogP contribution is 2.25. The van der Waals surface area contributed by atoms with Gasteiger partial charge in [-0.2, -0.15) is 0 Å². The first-order valence-electron chi connectivity index (χ1n) is 5.80. The van der Waals surface area contributed by atoms with Crippen molar-refractivity contribution in [2.75, 3.05) is 5.32 Å². The van der Waals surface area contributed by atoms with E-state index in [1.165, 1.54) is 0 Å². The predicted octanol–water partition coefficient (Wildman–Crippen LogP) is 2.81. The summed E-state index contributed by atoms with van der Waals surface area (Å²) in [5.74, 6) is -0.172. The van der Waals surface area contributed by atoms with E-state index in [0.717, 1.165) is 0 Å². The number of amidine groups is 1. The lowest BCUT2D eigenvalue weighted by atomic mass is 9.92. The molecule has 0 spiro atoms. The van der Waals surface area contributed by atoms with Crippen molar-refractivity contribution in [3.05, 3.63) is 28.8 Å². The number of rotatable bonds is 3. The van der Waals surface area contributed by atoms with Crippen LogP contribution in [0.3, 0.4) is 0 Å². The van der Waals surface area contributed by atoms with Gasteiger partial charge in [0.05, 0.1) is 10.7 Å². The molecular weight excluding hydrogens is 266 g/mol.